The number of carbonyl (C=O) groups is 1. The molecule has 0 saturated heterocycles. The highest BCUT2D eigenvalue weighted by molar-refractivity contribution is 7.10. The van der Waals surface area contributed by atoms with Crippen LogP contribution >= 0.6 is 11.3 Å². The van der Waals surface area contributed by atoms with Crippen molar-refractivity contribution in [2.75, 3.05) is 0 Å². The molecule has 3 rings (SSSR count). The van der Waals surface area contributed by atoms with Gasteiger partial charge in [0.1, 0.15) is 0 Å². The number of nitrogens with one attached hydrogen (secondary N) is 1. The number of benzene rings is 1. The number of fused-ring (bicyclic) bond motifs is 1. The van der Waals surface area contributed by atoms with Gasteiger partial charge in [0.2, 0.25) is 0 Å². The van der Waals surface area contributed by atoms with E-state index in [-0.39, 0.29) is 12.5 Å². The molecule has 2 aromatic rings. The van der Waals surface area contributed by atoms with Gasteiger partial charge in [0.25, 0.3) is 5.91 Å². The quantitative estimate of drug-likeness (QED) is 0.912. The predicted octanol–water partition coefficient (Wildman–Crippen LogP) is 3.05. The van der Waals surface area contributed by atoms with Crippen LogP contribution in [0, 0.1) is 0 Å². The number of hydrogen-bond donors (Lipinski definition) is 2. The van der Waals surface area contributed by atoms with Crippen LogP contribution in [0.1, 0.15) is 44.8 Å². The van der Waals surface area contributed by atoms with Crippen LogP contribution in [0.2, 0.25) is 0 Å². The van der Waals surface area contributed by atoms with Gasteiger partial charge in [-0.15, -0.1) is 11.3 Å². The van der Waals surface area contributed by atoms with Crippen LogP contribution in [0.4, 0.5) is 0 Å². The zero-order valence-electron chi connectivity index (χ0n) is 11.9. The summed E-state index contributed by atoms with van der Waals surface area (Å²) in [6.45, 7) is 0.525. The second-order valence-electron chi connectivity index (χ2n) is 5.42. The molecule has 1 aromatic heterocycles. The van der Waals surface area contributed by atoms with Crippen LogP contribution in [-0.4, -0.2) is 11.0 Å². The summed E-state index contributed by atoms with van der Waals surface area (Å²) in [5.41, 5.74) is 3.99. The van der Waals surface area contributed by atoms with Gasteiger partial charge in [-0.3, -0.25) is 4.79 Å². The van der Waals surface area contributed by atoms with Gasteiger partial charge < -0.3 is 10.4 Å². The van der Waals surface area contributed by atoms with Crippen molar-refractivity contribution in [2.45, 2.75) is 38.8 Å². The molecule has 0 aliphatic heterocycles. The van der Waals surface area contributed by atoms with Crippen LogP contribution in [0.3, 0.4) is 0 Å². The molecule has 0 saturated carbocycles. The second kappa shape index (κ2) is 6.41. The van der Waals surface area contributed by atoms with Gasteiger partial charge in [-0.25, -0.2) is 0 Å². The lowest BCUT2D eigenvalue weighted by Gasteiger charge is -2.13. The number of aryl methyl sites for hydroxylation is 1. The van der Waals surface area contributed by atoms with Gasteiger partial charge >= 0.3 is 0 Å². The number of carbonyl (C=O) groups excluding carboxylic acids is 1. The molecular formula is C17H19NO2S. The van der Waals surface area contributed by atoms with Crippen LogP contribution in [-0.2, 0) is 26.0 Å². The molecule has 1 amide bonds. The molecule has 0 atom stereocenters. The van der Waals surface area contributed by atoms with Crippen molar-refractivity contribution in [1.29, 1.82) is 0 Å². The third-order valence-corrected chi connectivity index (χ3v) is 5.02. The summed E-state index contributed by atoms with van der Waals surface area (Å²) in [7, 11) is 0. The molecule has 1 aliphatic carbocycles. The van der Waals surface area contributed by atoms with Crippen molar-refractivity contribution in [3.05, 3.63) is 56.8 Å². The number of thiophene rings is 1. The minimum atomic E-state index is 0.0174. The molecule has 0 bridgehead atoms. The highest BCUT2D eigenvalue weighted by atomic mass is 32.1. The summed E-state index contributed by atoms with van der Waals surface area (Å²) >= 11 is 1.71. The number of amides is 1. The Morgan fingerprint density at radius 3 is 2.90 bits per heavy atom. The first-order valence-corrected chi connectivity index (χ1v) is 8.22. The van der Waals surface area contributed by atoms with Gasteiger partial charge in [0, 0.05) is 16.8 Å². The van der Waals surface area contributed by atoms with Gasteiger partial charge in [0.15, 0.2) is 0 Å². The van der Waals surface area contributed by atoms with Crippen molar-refractivity contribution >= 4 is 17.2 Å². The van der Waals surface area contributed by atoms with Gasteiger partial charge in [-0.05, 0) is 42.4 Å². The molecule has 3 nitrogen and oxygen atoms in total. The number of aliphatic hydroxyl groups excluding tert-OH is 1. The average Bonchev–Trinajstić information content (AvgIpc) is 2.97. The first-order chi connectivity index (χ1) is 10.3. The van der Waals surface area contributed by atoms with Gasteiger partial charge in [-0.1, -0.05) is 24.3 Å². The Bertz CT molecular complexity index is 648. The number of hydrogen-bond acceptors (Lipinski definition) is 3. The van der Waals surface area contributed by atoms with Crippen LogP contribution in [0.15, 0.2) is 29.6 Å². The molecule has 0 unspecified atom stereocenters. The summed E-state index contributed by atoms with van der Waals surface area (Å²) in [6, 6.07) is 7.66. The maximum atomic E-state index is 12.4. The van der Waals surface area contributed by atoms with Crippen molar-refractivity contribution in [2.24, 2.45) is 0 Å². The molecule has 21 heavy (non-hydrogen) atoms. The fourth-order valence-corrected chi connectivity index (χ4v) is 3.93. The van der Waals surface area contributed by atoms with E-state index in [9.17, 15) is 4.79 Å². The lowest BCUT2D eigenvalue weighted by molar-refractivity contribution is 0.0950. The monoisotopic (exact) mass is 301 g/mol. The maximum absolute atomic E-state index is 12.4. The first kappa shape index (κ1) is 14.3. The van der Waals surface area contributed by atoms with E-state index in [1.54, 1.807) is 11.3 Å². The number of rotatable bonds is 4. The topological polar surface area (TPSA) is 49.3 Å². The number of aliphatic hydroxyl groups is 1. The molecule has 0 radical (unpaired) electrons. The summed E-state index contributed by atoms with van der Waals surface area (Å²) in [5, 5.41) is 14.1. The van der Waals surface area contributed by atoms with E-state index in [0.717, 1.165) is 29.5 Å². The SMILES string of the molecule is O=C(NCc1cccc(CO)c1)c1csc2c1CCCC2. The fraction of sp³-hybridized carbons (Fsp3) is 0.353. The van der Waals surface area contributed by atoms with E-state index in [0.29, 0.717) is 6.54 Å². The Morgan fingerprint density at radius 2 is 2.05 bits per heavy atom. The minimum Gasteiger partial charge on any atom is -0.392 e. The molecule has 0 fully saturated rings. The van der Waals surface area contributed by atoms with Gasteiger partial charge in [0.05, 0.1) is 12.2 Å². The molecule has 1 heterocycles. The molecule has 0 spiro atoms. The molecule has 1 aliphatic rings. The smallest absolute Gasteiger partial charge is 0.252 e. The standard InChI is InChI=1S/C17H19NO2S/c19-10-13-5-3-4-12(8-13)9-18-17(20)15-11-21-16-7-2-1-6-14(15)16/h3-5,8,11,19H,1-2,6-7,9-10H2,(H,18,20). The predicted molar refractivity (Wildman–Crippen MR) is 84.5 cm³/mol. The van der Waals surface area contributed by atoms with E-state index in [2.05, 4.69) is 5.32 Å². The molecule has 2 N–H and O–H groups in total. The normalized spacial score (nSPS) is 13.8. The highest BCUT2D eigenvalue weighted by Crippen LogP contribution is 2.30. The van der Waals surface area contributed by atoms with Crippen LogP contribution < -0.4 is 5.32 Å². The Labute approximate surface area is 128 Å². The Hall–Kier alpha value is -1.65. The van der Waals surface area contributed by atoms with Crippen molar-refractivity contribution in [3.63, 3.8) is 0 Å². The summed E-state index contributed by atoms with van der Waals surface area (Å²) in [4.78, 5) is 13.7. The fourth-order valence-electron chi connectivity index (χ4n) is 2.80. The van der Waals surface area contributed by atoms with Crippen molar-refractivity contribution in [3.8, 4) is 0 Å². The van der Waals surface area contributed by atoms with Gasteiger partial charge in [-0.2, -0.15) is 0 Å². The summed E-state index contributed by atoms with van der Waals surface area (Å²) in [6.07, 6.45) is 4.57. The van der Waals surface area contributed by atoms with E-state index in [1.165, 1.54) is 23.3 Å². The minimum absolute atomic E-state index is 0.0174. The Kier molecular flexibility index (Phi) is 4.36. The molecule has 4 heteroatoms. The van der Waals surface area contributed by atoms with Crippen molar-refractivity contribution in [1.82, 2.24) is 5.32 Å². The maximum Gasteiger partial charge on any atom is 0.252 e. The second-order valence-corrected chi connectivity index (χ2v) is 6.38. The van der Waals surface area contributed by atoms with E-state index in [1.807, 2.05) is 29.6 Å². The highest BCUT2D eigenvalue weighted by Gasteiger charge is 2.19. The molecular weight excluding hydrogens is 282 g/mol. The Balaban J connectivity index is 1.67. The third kappa shape index (κ3) is 3.17. The van der Waals surface area contributed by atoms with Crippen molar-refractivity contribution < 1.29 is 9.90 Å². The van der Waals surface area contributed by atoms with Crippen LogP contribution in [0.5, 0.6) is 0 Å². The summed E-state index contributed by atoms with van der Waals surface area (Å²) in [5.74, 6) is 0.0174. The first-order valence-electron chi connectivity index (χ1n) is 7.34. The Morgan fingerprint density at radius 1 is 1.24 bits per heavy atom. The molecule has 110 valence electrons. The zero-order chi connectivity index (χ0) is 14.7. The zero-order valence-corrected chi connectivity index (χ0v) is 12.7. The lowest BCUT2D eigenvalue weighted by atomic mass is 9.95. The van der Waals surface area contributed by atoms with E-state index >= 15 is 0 Å². The lowest BCUT2D eigenvalue weighted by Crippen LogP contribution is -2.23. The largest absolute Gasteiger partial charge is 0.392 e. The summed E-state index contributed by atoms with van der Waals surface area (Å²) < 4.78 is 0. The average molecular weight is 301 g/mol. The van der Waals surface area contributed by atoms with Crippen LogP contribution in [0.25, 0.3) is 0 Å². The van der Waals surface area contributed by atoms with E-state index < -0.39 is 0 Å². The third-order valence-electron chi connectivity index (χ3n) is 3.93. The molecule has 1 aromatic carbocycles. The van der Waals surface area contributed by atoms with E-state index in [4.69, 9.17) is 5.11 Å².